The Hall–Kier alpha value is 0.0700. The molecule has 3 nitrogen and oxygen atoms in total. The standard InChI is InChI=1S/C10H23NO2S/c1-8(2)9(6-7-14(12)13)11-10(3,4)5/h8-9,11H,6-7H2,1-5H3,(H,12,13)/p-1. The first-order valence-electron chi connectivity index (χ1n) is 5.06. The lowest BCUT2D eigenvalue weighted by Crippen LogP contribution is -2.46. The van der Waals surface area contributed by atoms with Crippen LogP contribution in [0.5, 0.6) is 0 Å². The molecule has 0 aromatic rings. The maximum absolute atomic E-state index is 10.5. The smallest absolute Gasteiger partial charge is 0.0116 e. The molecular weight excluding hydrogens is 198 g/mol. The molecule has 0 aromatic carbocycles. The molecule has 0 spiro atoms. The van der Waals surface area contributed by atoms with Gasteiger partial charge in [-0.1, -0.05) is 24.9 Å². The normalized spacial score (nSPS) is 17.1. The summed E-state index contributed by atoms with van der Waals surface area (Å²) >= 11 is -1.92. The summed E-state index contributed by atoms with van der Waals surface area (Å²) in [5, 5.41) is 3.44. The van der Waals surface area contributed by atoms with Crippen molar-refractivity contribution in [3.63, 3.8) is 0 Å². The molecule has 2 atom stereocenters. The molecule has 14 heavy (non-hydrogen) atoms. The predicted octanol–water partition coefficient (Wildman–Crippen LogP) is 1.67. The molecule has 86 valence electrons. The summed E-state index contributed by atoms with van der Waals surface area (Å²) in [5.74, 6) is 0.698. The van der Waals surface area contributed by atoms with E-state index in [1.54, 1.807) is 0 Å². The zero-order valence-electron chi connectivity index (χ0n) is 9.79. The van der Waals surface area contributed by atoms with Gasteiger partial charge in [0, 0.05) is 17.3 Å². The molecular formula is C10H22NO2S-. The highest BCUT2D eigenvalue weighted by Gasteiger charge is 2.19. The average Bonchev–Trinajstić information content (AvgIpc) is 1.94. The third-order valence-electron chi connectivity index (χ3n) is 2.02. The van der Waals surface area contributed by atoms with Gasteiger partial charge in [0.2, 0.25) is 0 Å². The van der Waals surface area contributed by atoms with E-state index in [1.807, 2.05) is 0 Å². The lowest BCUT2D eigenvalue weighted by molar-refractivity contribution is 0.297. The zero-order valence-corrected chi connectivity index (χ0v) is 10.6. The molecule has 0 amide bonds. The second-order valence-electron chi connectivity index (χ2n) is 5.04. The maximum atomic E-state index is 10.5. The van der Waals surface area contributed by atoms with E-state index in [-0.39, 0.29) is 17.3 Å². The van der Waals surface area contributed by atoms with Crippen LogP contribution in [0.1, 0.15) is 41.0 Å². The Labute approximate surface area is 90.0 Å². The van der Waals surface area contributed by atoms with Crippen molar-refractivity contribution in [2.24, 2.45) is 5.92 Å². The first-order valence-corrected chi connectivity index (χ1v) is 6.30. The molecule has 2 unspecified atom stereocenters. The minimum absolute atomic E-state index is 0.0410. The van der Waals surface area contributed by atoms with Crippen LogP contribution in [0.25, 0.3) is 0 Å². The molecule has 0 fully saturated rings. The van der Waals surface area contributed by atoms with Crippen molar-refractivity contribution in [1.82, 2.24) is 5.32 Å². The van der Waals surface area contributed by atoms with Crippen molar-refractivity contribution in [2.45, 2.75) is 52.6 Å². The molecule has 0 rings (SSSR count). The van der Waals surface area contributed by atoms with E-state index in [0.29, 0.717) is 12.3 Å². The zero-order chi connectivity index (χ0) is 11.4. The number of rotatable bonds is 5. The third-order valence-corrected chi connectivity index (χ3v) is 2.59. The van der Waals surface area contributed by atoms with Crippen molar-refractivity contribution in [1.29, 1.82) is 0 Å². The Morgan fingerprint density at radius 3 is 2.14 bits per heavy atom. The maximum Gasteiger partial charge on any atom is 0.0116 e. The highest BCUT2D eigenvalue weighted by atomic mass is 32.2. The topological polar surface area (TPSA) is 52.2 Å². The minimum atomic E-state index is -1.92. The van der Waals surface area contributed by atoms with E-state index in [0.717, 1.165) is 0 Å². The molecule has 0 aromatic heterocycles. The van der Waals surface area contributed by atoms with Gasteiger partial charge in [0.15, 0.2) is 0 Å². The Morgan fingerprint density at radius 1 is 1.36 bits per heavy atom. The van der Waals surface area contributed by atoms with Crippen LogP contribution in [-0.2, 0) is 11.1 Å². The molecule has 0 saturated carbocycles. The fourth-order valence-corrected chi connectivity index (χ4v) is 1.80. The van der Waals surface area contributed by atoms with Gasteiger partial charge in [-0.25, -0.2) is 0 Å². The van der Waals surface area contributed by atoms with Crippen molar-refractivity contribution in [3.05, 3.63) is 0 Å². The molecule has 1 N–H and O–H groups in total. The van der Waals surface area contributed by atoms with Gasteiger partial charge in [-0.2, -0.15) is 0 Å². The largest absolute Gasteiger partial charge is 0.772 e. The molecule has 0 heterocycles. The Bertz CT molecular complexity index is 187. The van der Waals surface area contributed by atoms with Gasteiger partial charge in [0.1, 0.15) is 0 Å². The lowest BCUT2D eigenvalue weighted by atomic mass is 9.97. The van der Waals surface area contributed by atoms with Crippen LogP contribution in [0.15, 0.2) is 0 Å². The summed E-state index contributed by atoms with van der Waals surface area (Å²) in [6.07, 6.45) is 0.686. The first-order chi connectivity index (χ1) is 6.22. The van der Waals surface area contributed by atoms with Gasteiger partial charge < -0.3 is 9.87 Å². The van der Waals surface area contributed by atoms with Crippen LogP contribution in [0.3, 0.4) is 0 Å². The molecule has 0 radical (unpaired) electrons. The quantitative estimate of drug-likeness (QED) is 0.717. The Balaban J connectivity index is 4.10. The number of nitrogens with one attached hydrogen (secondary N) is 1. The highest BCUT2D eigenvalue weighted by Crippen LogP contribution is 2.11. The number of hydrogen-bond donors (Lipinski definition) is 1. The van der Waals surface area contributed by atoms with Gasteiger partial charge in [0.05, 0.1) is 0 Å². The molecule has 0 aliphatic heterocycles. The van der Waals surface area contributed by atoms with Crippen LogP contribution in [-0.4, -0.2) is 26.1 Å². The molecule has 0 aliphatic carbocycles. The Morgan fingerprint density at radius 2 is 1.86 bits per heavy atom. The van der Waals surface area contributed by atoms with E-state index in [4.69, 9.17) is 0 Å². The van der Waals surface area contributed by atoms with Gasteiger partial charge in [-0.05, 0) is 33.1 Å². The van der Waals surface area contributed by atoms with Crippen molar-refractivity contribution >= 4 is 11.1 Å². The van der Waals surface area contributed by atoms with Crippen LogP contribution in [0.4, 0.5) is 0 Å². The van der Waals surface area contributed by atoms with Gasteiger partial charge in [-0.3, -0.25) is 4.21 Å². The second kappa shape index (κ2) is 5.83. The van der Waals surface area contributed by atoms with Crippen molar-refractivity contribution in [2.75, 3.05) is 5.75 Å². The monoisotopic (exact) mass is 220 g/mol. The molecule has 0 bridgehead atoms. The predicted molar refractivity (Wildman–Crippen MR) is 59.9 cm³/mol. The summed E-state index contributed by atoms with van der Waals surface area (Å²) in [7, 11) is 0. The molecule has 0 saturated heterocycles. The third kappa shape index (κ3) is 7.47. The van der Waals surface area contributed by atoms with Crippen molar-refractivity contribution in [3.8, 4) is 0 Å². The van der Waals surface area contributed by atoms with E-state index >= 15 is 0 Å². The summed E-state index contributed by atoms with van der Waals surface area (Å²) < 4.78 is 20.9. The Kier molecular flexibility index (Phi) is 5.86. The number of hydrogen-bond acceptors (Lipinski definition) is 3. The van der Waals surface area contributed by atoms with Crippen molar-refractivity contribution < 1.29 is 8.76 Å². The second-order valence-corrected chi connectivity index (χ2v) is 6.06. The van der Waals surface area contributed by atoms with E-state index in [9.17, 15) is 8.76 Å². The highest BCUT2D eigenvalue weighted by molar-refractivity contribution is 7.79. The molecule has 0 aliphatic rings. The van der Waals surface area contributed by atoms with E-state index in [2.05, 4.69) is 39.9 Å². The van der Waals surface area contributed by atoms with Crippen LogP contribution < -0.4 is 5.32 Å². The van der Waals surface area contributed by atoms with Gasteiger partial charge in [-0.15, -0.1) is 0 Å². The van der Waals surface area contributed by atoms with Crippen LogP contribution >= 0.6 is 0 Å². The minimum Gasteiger partial charge on any atom is -0.772 e. The van der Waals surface area contributed by atoms with E-state index < -0.39 is 11.1 Å². The summed E-state index contributed by atoms with van der Waals surface area (Å²) in [6, 6.07) is 0.271. The fraction of sp³-hybridized carbons (Fsp3) is 1.00. The summed E-state index contributed by atoms with van der Waals surface area (Å²) in [6.45, 7) is 10.5. The fourth-order valence-electron chi connectivity index (χ4n) is 1.35. The summed E-state index contributed by atoms with van der Waals surface area (Å²) in [4.78, 5) is 0. The first kappa shape index (κ1) is 14.1. The van der Waals surface area contributed by atoms with Crippen LogP contribution in [0, 0.1) is 5.92 Å². The molecule has 4 heteroatoms. The van der Waals surface area contributed by atoms with E-state index in [1.165, 1.54) is 0 Å². The average molecular weight is 220 g/mol. The lowest BCUT2D eigenvalue weighted by Gasteiger charge is -2.31. The van der Waals surface area contributed by atoms with Crippen LogP contribution in [0.2, 0.25) is 0 Å². The summed E-state index contributed by atoms with van der Waals surface area (Å²) in [5.41, 5.74) is 0.0410. The van der Waals surface area contributed by atoms with Gasteiger partial charge >= 0.3 is 0 Å². The van der Waals surface area contributed by atoms with Gasteiger partial charge in [0.25, 0.3) is 0 Å². The SMILES string of the molecule is CC(C)C(CCS(=O)[O-])NC(C)(C)C.